The Morgan fingerprint density at radius 2 is 1.66 bits per heavy atom. The van der Waals surface area contributed by atoms with Gasteiger partial charge in [-0.15, -0.1) is 0 Å². The molecule has 3 aromatic carbocycles. The summed E-state index contributed by atoms with van der Waals surface area (Å²) in [6.07, 6.45) is 2.93. The summed E-state index contributed by atoms with van der Waals surface area (Å²) < 4.78 is 27.3. The van der Waals surface area contributed by atoms with Gasteiger partial charge in [-0.25, -0.2) is 4.39 Å². The third-order valence-corrected chi connectivity index (χ3v) is 5.65. The molecule has 0 amide bonds. The Hall–Kier alpha value is -3.40. The van der Waals surface area contributed by atoms with Crippen LogP contribution in [0.2, 0.25) is 0 Å². The highest BCUT2D eigenvalue weighted by Gasteiger charge is 2.30. The van der Waals surface area contributed by atoms with Crippen molar-refractivity contribution in [3.63, 3.8) is 0 Å². The molecule has 1 aliphatic heterocycles. The number of rotatable bonds is 3. The number of halogens is 1. The molecule has 0 atom stereocenters. The zero-order valence-corrected chi connectivity index (χ0v) is 16.4. The van der Waals surface area contributed by atoms with Crippen molar-refractivity contribution in [3.05, 3.63) is 78.2 Å². The van der Waals surface area contributed by atoms with Gasteiger partial charge < -0.3 is 9.47 Å². The van der Waals surface area contributed by atoms with Gasteiger partial charge >= 0.3 is 0 Å². The molecule has 0 saturated carbocycles. The van der Waals surface area contributed by atoms with Gasteiger partial charge in [-0.3, -0.25) is 0 Å². The van der Waals surface area contributed by atoms with Crippen molar-refractivity contribution >= 4 is 10.8 Å². The number of ether oxygens (including phenoxy) is 2. The van der Waals surface area contributed by atoms with E-state index in [4.69, 9.17) is 9.47 Å². The van der Waals surface area contributed by atoms with E-state index in [0.717, 1.165) is 51.9 Å². The standard InChI is InChI=1S/C25H21FNO2/c1-28-22-13-17-10-11-27-15-18-12-19(26)8-9-20(18)24(16-6-4-3-5-7-16)25(27)21(17)14-23(22)29-2/h3-9,12-15H,10-11H2,1-2H3/q+1. The Balaban J connectivity index is 1.90. The van der Waals surface area contributed by atoms with E-state index in [9.17, 15) is 4.39 Å². The minimum absolute atomic E-state index is 0.223. The Kier molecular flexibility index (Phi) is 4.20. The van der Waals surface area contributed by atoms with Crippen molar-refractivity contribution in [1.82, 2.24) is 0 Å². The third-order valence-electron chi connectivity index (χ3n) is 5.65. The van der Waals surface area contributed by atoms with Crippen molar-refractivity contribution in [2.45, 2.75) is 13.0 Å². The topological polar surface area (TPSA) is 22.3 Å². The third kappa shape index (κ3) is 2.83. The molecule has 3 nitrogen and oxygen atoms in total. The number of benzene rings is 3. The number of nitrogens with zero attached hydrogens (tertiary/aromatic N) is 1. The van der Waals surface area contributed by atoms with Crippen LogP contribution in [-0.4, -0.2) is 14.2 Å². The van der Waals surface area contributed by atoms with Crippen LogP contribution in [-0.2, 0) is 13.0 Å². The van der Waals surface area contributed by atoms with Crippen LogP contribution in [0.25, 0.3) is 33.2 Å². The number of aromatic nitrogens is 1. The molecule has 0 fully saturated rings. The lowest BCUT2D eigenvalue weighted by Crippen LogP contribution is -2.40. The molecule has 0 unspecified atom stereocenters. The summed E-state index contributed by atoms with van der Waals surface area (Å²) in [4.78, 5) is 0. The van der Waals surface area contributed by atoms with Crippen LogP contribution in [0, 0.1) is 5.82 Å². The lowest BCUT2D eigenvalue weighted by Gasteiger charge is -2.21. The van der Waals surface area contributed by atoms with E-state index >= 15 is 0 Å². The first-order valence-electron chi connectivity index (χ1n) is 9.66. The van der Waals surface area contributed by atoms with E-state index in [-0.39, 0.29) is 5.82 Å². The summed E-state index contributed by atoms with van der Waals surface area (Å²) in [7, 11) is 3.32. The van der Waals surface area contributed by atoms with E-state index < -0.39 is 0 Å². The van der Waals surface area contributed by atoms with Crippen molar-refractivity contribution in [2.24, 2.45) is 0 Å². The van der Waals surface area contributed by atoms with Crippen LogP contribution in [0.3, 0.4) is 0 Å². The number of fused-ring (bicyclic) bond motifs is 4. The molecule has 4 aromatic rings. The van der Waals surface area contributed by atoms with Crippen LogP contribution >= 0.6 is 0 Å². The fourth-order valence-electron chi connectivity index (χ4n) is 4.32. The maximum Gasteiger partial charge on any atom is 0.221 e. The molecule has 0 bridgehead atoms. The number of hydrogen-bond acceptors (Lipinski definition) is 2. The second-order valence-corrected chi connectivity index (χ2v) is 7.26. The highest BCUT2D eigenvalue weighted by Crippen LogP contribution is 2.42. The van der Waals surface area contributed by atoms with Gasteiger partial charge in [-0.1, -0.05) is 36.4 Å². The number of methoxy groups -OCH3 is 2. The van der Waals surface area contributed by atoms with Crippen LogP contribution in [0.5, 0.6) is 11.5 Å². The molecule has 2 heterocycles. The second kappa shape index (κ2) is 6.89. The Bertz CT molecular complexity index is 1240. The van der Waals surface area contributed by atoms with Crippen molar-refractivity contribution < 1.29 is 18.4 Å². The molecule has 1 aliphatic rings. The van der Waals surface area contributed by atoms with E-state index in [1.807, 2.05) is 24.3 Å². The van der Waals surface area contributed by atoms with Crippen LogP contribution in [0.4, 0.5) is 4.39 Å². The maximum atomic E-state index is 14.0. The summed E-state index contributed by atoms with van der Waals surface area (Å²) >= 11 is 0. The van der Waals surface area contributed by atoms with Gasteiger partial charge in [0.2, 0.25) is 5.69 Å². The van der Waals surface area contributed by atoms with Gasteiger partial charge in [0.25, 0.3) is 0 Å². The summed E-state index contributed by atoms with van der Waals surface area (Å²) in [5.41, 5.74) is 5.69. The second-order valence-electron chi connectivity index (χ2n) is 7.26. The van der Waals surface area contributed by atoms with Crippen LogP contribution < -0.4 is 14.0 Å². The minimum Gasteiger partial charge on any atom is -0.493 e. The molecule has 5 rings (SSSR count). The number of hydrogen-bond donors (Lipinski definition) is 0. The number of pyridine rings is 1. The summed E-state index contributed by atoms with van der Waals surface area (Å²) in [6, 6.07) is 19.4. The van der Waals surface area contributed by atoms with Gasteiger partial charge in [-0.2, -0.15) is 4.57 Å². The van der Waals surface area contributed by atoms with Gasteiger partial charge in [-0.05, 0) is 35.4 Å². The first kappa shape index (κ1) is 17.7. The summed E-state index contributed by atoms with van der Waals surface area (Å²) in [5.74, 6) is 1.22. The van der Waals surface area contributed by atoms with Gasteiger partial charge in [0.05, 0.1) is 25.3 Å². The molecular formula is C25H21FNO2+. The van der Waals surface area contributed by atoms with Crippen molar-refractivity contribution in [3.8, 4) is 33.9 Å². The normalized spacial score (nSPS) is 12.4. The molecule has 29 heavy (non-hydrogen) atoms. The predicted molar refractivity (Wildman–Crippen MR) is 112 cm³/mol. The van der Waals surface area contributed by atoms with E-state index in [1.54, 1.807) is 20.3 Å². The fraction of sp³-hybridized carbons (Fsp3) is 0.160. The lowest BCUT2D eigenvalue weighted by atomic mass is 9.88. The highest BCUT2D eigenvalue weighted by atomic mass is 19.1. The Morgan fingerprint density at radius 3 is 2.41 bits per heavy atom. The molecule has 144 valence electrons. The Labute approximate surface area is 169 Å². The average Bonchev–Trinajstić information content (AvgIpc) is 2.76. The molecular weight excluding hydrogens is 365 g/mol. The van der Waals surface area contributed by atoms with Crippen molar-refractivity contribution in [1.29, 1.82) is 0 Å². The monoisotopic (exact) mass is 386 g/mol. The van der Waals surface area contributed by atoms with Gasteiger partial charge in [0, 0.05) is 17.2 Å². The van der Waals surface area contributed by atoms with E-state index in [2.05, 4.69) is 35.0 Å². The van der Waals surface area contributed by atoms with Crippen LogP contribution in [0.1, 0.15) is 5.56 Å². The SMILES string of the molecule is COc1cc2c(cc1OC)-c1c(-c3ccccc3)c3ccc(F)cc3c[n+]1CC2. The molecule has 0 radical (unpaired) electrons. The average molecular weight is 386 g/mol. The summed E-state index contributed by atoms with van der Waals surface area (Å²) in [6.45, 7) is 0.824. The quantitative estimate of drug-likeness (QED) is 0.453. The molecule has 0 N–H and O–H groups in total. The molecule has 0 spiro atoms. The molecule has 0 saturated heterocycles. The fourth-order valence-corrected chi connectivity index (χ4v) is 4.32. The zero-order valence-electron chi connectivity index (χ0n) is 16.4. The summed E-state index contributed by atoms with van der Waals surface area (Å²) in [5, 5.41) is 1.93. The lowest BCUT2D eigenvalue weighted by molar-refractivity contribution is -0.685. The minimum atomic E-state index is -0.223. The van der Waals surface area contributed by atoms with E-state index in [0.29, 0.717) is 5.75 Å². The smallest absolute Gasteiger partial charge is 0.221 e. The van der Waals surface area contributed by atoms with Crippen LogP contribution in [0.15, 0.2) is 66.9 Å². The number of aryl methyl sites for hydroxylation is 2. The first-order chi connectivity index (χ1) is 14.2. The molecule has 0 aliphatic carbocycles. The predicted octanol–water partition coefficient (Wildman–Crippen LogP) is 5.17. The van der Waals surface area contributed by atoms with Crippen molar-refractivity contribution in [2.75, 3.05) is 14.2 Å². The Morgan fingerprint density at radius 1 is 0.897 bits per heavy atom. The zero-order chi connectivity index (χ0) is 20.0. The highest BCUT2D eigenvalue weighted by molar-refractivity contribution is 6.01. The van der Waals surface area contributed by atoms with Gasteiger partial charge in [0.15, 0.2) is 24.2 Å². The van der Waals surface area contributed by atoms with Gasteiger partial charge in [0.1, 0.15) is 5.82 Å². The first-order valence-corrected chi connectivity index (χ1v) is 9.66. The maximum absolute atomic E-state index is 14.0. The molecule has 1 aromatic heterocycles. The molecule has 4 heteroatoms. The largest absolute Gasteiger partial charge is 0.493 e. The van der Waals surface area contributed by atoms with E-state index in [1.165, 1.54) is 11.6 Å².